The lowest BCUT2D eigenvalue weighted by Gasteiger charge is -2.05. The number of rotatable bonds is 3. The summed E-state index contributed by atoms with van der Waals surface area (Å²) in [6, 6.07) is 9.47. The highest BCUT2D eigenvalue weighted by molar-refractivity contribution is 5.57. The standard InChI is InChI=1S/C13H13N3O/c14-12-7-8-15-13(16-12)9-1-3-10(4-2-9)17-11-5-6-11/h1-4,7-8,11H,5-6H2,(H2,14,15,16). The maximum absolute atomic E-state index is 5.67. The zero-order valence-electron chi connectivity index (χ0n) is 9.34. The van der Waals surface area contributed by atoms with Crippen LogP contribution >= 0.6 is 0 Å². The van der Waals surface area contributed by atoms with Crippen molar-refractivity contribution in [3.05, 3.63) is 36.5 Å². The fourth-order valence-electron chi connectivity index (χ4n) is 1.57. The number of nitrogen functional groups attached to an aromatic ring is 1. The molecular formula is C13H13N3O. The van der Waals surface area contributed by atoms with Gasteiger partial charge >= 0.3 is 0 Å². The maximum Gasteiger partial charge on any atom is 0.161 e. The minimum atomic E-state index is 0.421. The third kappa shape index (κ3) is 2.36. The average molecular weight is 227 g/mol. The molecule has 1 aliphatic carbocycles. The molecule has 0 saturated heterocycles. The molecule has 17 heavy (non-hydrogen) atoms. The summed E-state index contributed by atoms with van der Waals surface area (Å²) >= 11 is 0. The second kappa shape index (κ2) is 4.05. The Bertz CT molecular complexity index is 520. The van der Waals surface area contributed by atoms with E-state index in [1.807, 2.05) is 24.3 Å². The van der Waals surface area contributed by atoms with Crippen molar-refractivity contribution >= 4 is 5.82 Å². The van der Waals surface area contributed by atoms with Crippen molar-refractivity contribution in [3.63, 3.8) is 0 Å². The lowest BCUT2D eigenvalue weighted by molar-refractivity contribution is 0.303. The Morgan fingerprint density at radius 2 is 1.88 bits per heavy atom. The van der Waals surface area contributed by atoms with Crippen molar-refractivity contribution in [1.82, 2.24) is 9.97 Å². The smallest absolute Gasteiger partial charge is 0.161 e. The quantitative estimate of drug-likeness (QED) is 0.873. The van der Waals surface area contributed by atoms with Gasteiger partial charge < -0.3 is 10.5 Å². The Hall–Kier alpha value is -2.10. The molecular weight excluding hydrogens is 214 g/mol. The van der Waals surface area contributed by atoms with Gasteiger partial charge in [0.25, 0.3) is 0 Å². The molecule has 0 aliphatic heterocycles. The number of hydrogen-bond donors (Lipinski definition) is 1. The molecule has 0 amide bonds. The van der Waals surface area contributed by atoms with Crippen LogP contribution < -0.4 is 10.5 Å². The van der Waals surface area contributed by atoms with E-state index >= 15 is 0 Å². The molecule has 0 spiro atoms. The number of hydrogen-bond acceptors (Lipinski definition) is 4. The zero-order valence-corrected chi connectivity index (χ0v) is 9.34. The monoisotopic (exact) mass is 227 g/mol. The van der Waals surface area contributed by atoms with Crippen molar-refractivity contribution in [2.24, 2.45) is 0 Å². The molecule has 1 aromatic carbocycles. The van der Waals surface area contributed by atoms with E-state index in [0.717, 1.165) is 11.3 Å². The van der Waals surface area contributed by atoms with Crippen LogP contribution in [0.2, 0.25) is 0 Å². The SMILES string of the molecule is Nc1ccnc(-c2ccc(OC3CC3)cc2)n1. The number of aromatic nitrogens is 2. The predicted molar refractivity (Wildman–Crippen MR) is 65.5 cm³/mol. The Morgan fingerprint density at radius 1 is 1.12 bits per heavy atom. The van der Waals surface area contributed by atoms with Gasteiger partial charge in [-0.05, 0) is 43.2 Å². The highest BCUT2D eigenvalue weighted by Gasteiger charge is 2.23. The second-order valence-electron chi connectivity index (χ2n) is 4.15. The molecule has 0 radical (unpaired) electrons. The molecule has 2 N–H and O–H groups in total. The third-order valence-corrected chi connectivity index (χ3v) is 2.62. The Morgan fingerprint density at radius 3 is 2.53 bits per heavy atom. The van der Waals surface area contributed by atoms with Crippen LogP contribution in [-0.2, 0) is 0 Å². The summed E-state index contributed by atoms with van der Waals surface area (Å²) in [4.78, 5) is 8.35. The molecule has 0 atom stereocenters. The molecule has 0 bridgehead atoms. The van der Waals surface area contributed by atoms with E-state index in [-0.39, 0.29) is 0 Å². The first-order valence-corrected chi connectivity index (χ1v) is 5.67. The number of anilines is 1. The van der Waals surface area contributed by atoms with Crippen LogP contribution in [0.1, 0.15) is 12.8 Å². The van der Waals surface area contributed by atoms with Gasteiger partial charge in [-0.2, -0.15) is 0 Å². The highest BCUT2D eigenvalue weighted by Crippen LogP contribution is 2.27. The van der Waals surface area contributed by atoms with Gasteiger partial charge in [0, 0.05) is 11.8 Å². The van der Waals surface area contributed by atoms with E-state index < -0.39 is 0 Å². The lowest BCUT2D eigenvalue weighted by Crippen LogP contribution is -1.96. The summed E-state index contributed by atoms with van der Waals surface area (Å²) in [6.07, 6.45) is 4.41. The summed E-state index contributed by atoms with van der Waals surface area (Å²) in [5.74, 6) is 2.02. The normalized spacial score (nSPS) is 14.6. The van der Waals surface area contributed by atoms with Gasteiger partial charge in [0.2, 0.25) is 0 Å². The molecule has 1 aliphatic rings. The van der Waals surface area contributed by atoms with Crippen LogP contribution in [0, 0.1) is 0 Å². The average Bonchev–Trinajstić information content (AvgIpc) is 3.14. The summed E-state index contributed by atoms with van der Waals surface area (Å²) in [5.41, 5.74) is 6.57. The Balaban J connectivity index is 1.83. The van der Waals surface area contributed by atoms with Gasteiger partial charge in [0.05, 0.1) is 6.10 Å². The molecule has 1 aromatic heterocycles. The third-order valence-electron chi connectivity index (χ3n) is 2.62. The minimum absolute atomic E-state index is 0.421. The van der Waals surface area contributed by atoms with E-state index in [0.29, 0.717) is 17.7 Å². The molecule has 4 heteroatoms. The van der Waals surface area contributed by atoms with E-state index in [1.54, 1.807) is 12.3 Å². The summed E-state index contributed by atoms with van der Waals surface area (Å²) in [5, 5.41) is 0. The zero-order chi connectivity index (χ0) is 11.7. The highest BCUT2D eigenvalue weighted by atomic mass is 16.5. The number of ether oxygens (including phenoxy) is 1. The van der Waals surface area contributed by atoms with Crippen molar-refractivity contribution in [1.29, 1.82) is 0 Å². The van der Waals surface area contributed by atoms with Gasteiger partial charge in [-0.1, -0.05) is 0 Å². The van der Waals surface area contributed by atoms with Gasteiger partial charge in [-0.3, -0.25) is 0 Å². The Labute approximate surface area is 99.5 Å². The van der Waals surface area contributed by atoms with Crippen LogP contribution in [0.4, 0.5) is 5.82 Å². The Kier molecular flexibility index (Phi) is 2.40. The van der Waals surface area contributed by atoms with Crippen molar-refractivity contribution in [3.8, 4) is 17.1 Å². The molecule has 3 rings (SSSR count). The number of benzene rings is 1. The van der Waals surface area contributed by atoms with Gasteiger partial charge in [0.1, 0.15) is 11.6 Å². The second-order valence-corrected chi connectivity index (χ2v) is 4.15. The van der Waals surface area contributed by atoms with Gasteiger partial charge in [-0.15, -0.1) is 0 Å². The number of nitrogens with two attached hydrogens (primary N) is 1. The molecule has 1 fully saturated rings. The lowest BCUT2D eigenvalue weighted by atomic mass is 10.2. The topological polar surface area (TPSA) is 61.0 Å². The van der Waals surface area contributed by atoms with Crippen LogP contribution in [0.5, 0.6) is 5.75 Å². The van der Waals surface area contributed by atoms with Crippen LogP contribution in [0.15, 0.2) is 36.5 Å². The molecule has 2 aromatic rings. The van der Waals surface area contributed by atoms with E-state index in [1.165, 1.54) is 12.8 Å². The van der Waals surface area contributed by atoms with Crippen molar-refractivity contribution in [2.45, 2.75) is 18.9 Å². The van der Waals surface area contributed by atoms with E-state index in [9.17, 15) is 0 Å². The molecule has 4 nitrogen and oxygen atoms in total. The van der Waals surface area contributed by atoms with Crippen molar-refractivity contribution in [2.75, 3.05) is 5.73 Å². The summed E-state index contributed by atoms with van der Waals surface area (Å²) in [7, 11) is 0. The maximum atomic E-state index is 5.67. The first-order valence-electron chi connectivity index (χ1n) is 5.67. The minimum Gasteiger partial charge on any atom is -0.490 e. The predicted octanol–water partition coefficient (Wildman–Crippen LogP) is 2.27. The summed E-state index contributed by atoms with van der Waals surface area (Å²) in [6.45, 7) is 0. The molecule has 1 heterocycles. The van der Waals surface area contributed by atoms with Gasteiger partial charge in [-0.25, -0.2) is 9.97 Å². The first kappa shape index (κ1) is 10.1. The van der Waals surface area contributed by atoms with Crippen LogP contribution in [0.25, 0.3) is 11.4 Å². The summed E-state index contributed by atoms with van der Waals surface area (Å²) < 4.78 is 5.67. The molecule has 1 saturated carbocycles. The fraction of sp³-hybridized carbons (Fsp3) is 0.231. The number of nitrogens with zero attached hydrogens (tertiary/aromatic N) is 2. The van der Waals surface area contributed by atoms with Crippen molar-refractivity contribution < 1.29 is 4.74 Å². The van der Waals surface area contributed by atoms with Crippen LogP contribution in [0.3, 0.4) is 0 Å². The van der Waals surface area contributed by atoms with Gasteiger partial charge in [0.15, 0.2) is 5.82 Å². The van der Waals surface area contributed by atoms with E-state index in [4.69, 9.17) is 10.5 Å². The first-order chi connectivity index (χ1) is 8.31. The van der Waals surface area contributed by atoms with Crippen LogP contribution in [-0.4, -0.2) is 16.1 Å². The molecule has 0 unspecified atom stereocenters. The molecule has 86 valence electrons. The van der Waals surface area contributed by atoms with E-state index in [2.05, 4.69) is 9.97 Å². The fourth-order valence-corrected chi connectivity index (χ4v) is 1.57. The largest absolute Gasteiger partial charge is 0.490 e.